The molecule has 0 aromatic carbocycles. The first kappa shape index (κ1) is 23.3. The van der Waals surface area contributed by atoms with Crippen LogP contribution in [0.15, 0.2) is 21.3 Å². The topological polar surface area (TPSA) is 29.5 Å². The monoisotopic (exact) mass is 452 g/mol. The van der Waals surface area contributed by atoms with Crippen LogP contribution in [0, 0.1) is 11.8 Å². The van der Waals surface area contributed by atoms with Crippen LogP contribution in [0.2, 0.25) is 18.1 Å². The zero-order valence-corrected chi connectivity index (χ0v) is 19.3. The highest BCUT2D eigenvalue weighted by Gasteiger charge is 2.35. The Bertz CT molecular complexity index is 381. The van der Waals surface area contributed by atoms with Gasteiger partial charge in [-0.15, -0.1) is 0 Å². The van der Waals surface area contributed by atoms with Crippen molar-refractivity contribution in [3.05, 3.63) is 21.3 Å². The maximum atomic E-state index is 9.35. The van der Waals surface area contributed by atoms with Crippen LogP contribution in [-0.4, -0.2) is 26.1 Å². The summed E-state index contributed by atoms with van der Waals surface area (Å²) in [4.78, 5) is 0. The van der Waals surface area contributed by atoms with E-state index in [9.17, 15) is 5.11 Å². The first-order valence-electron chi connectivity index (χ1n) is 9.00. The van der Waals surface area contributed by atoms with Crippen molar-refractivity contribution < 1.29 is 9.53 Å². The third-order valence-corrected chi connectivity index (χ3v) is 10.7. The smallest absolute Gasteiger partial charge is 0.192 e. The van der Waals surface area contributed by atoms with Crippen molar-refractivity contribution in [2.24, 2.45) is 11.8 Å². The van der Waals surface area contributed by atoms with Gasteiger partial charge in [0.1, 0.15) is 0 Å². The fourth-order valence-electron chi connectivity index (χ4n) is 3.30. The number of hydrogen-bond acceptors (Lipinski definition) is 2. The van der Waals surface area contributed by atoms with Crippen molar-refractivity contribution in [2.45, 2.75) is 79.1 Å². The second-order valence-corrected chi connectivity index (χ2v) is 12.3. The van der Waals surface area contributed by atoms with Crippen LogP contribution in [0.4, 0.5) is 0 Å². The highest BCUT2D eigenvalue weighted by Crippen LogP contribution is 2.32. The molecule has 0 aliphatic carbocycles. The molecular weight excluding hydrogens is 415 g/mol. The highest BCUT2D eigenvalue weighted by atomic mass is 127. The van der Waals surface area contributed by atoms with Gasteiger partial charge >= 0.3 is 0 Å². The van der Waals surface area contributed by atoms with E-state index in [0.717, 1.165) is 12.0 Å². The lowest BCUT2D eigenvalue weighted by molar-refractivity contribution is 0.0953. The summed E-state index contributed by atoms with van der Waals surface area (Å²) < 4.78 is 9.06. The van der Waals surface area contributed by atoms with Gasteiger partial charge in [-0.05, 0) is 54.3 Å². The van der Waals surface area contributed by atoms with Gasteiger partial charge in [0.25, 0.3) is 0 Å². The Labute approximate surface area is 159 Å². The van der Waals surface area contributed by atoms with Crippen molar-refractivity contribution in [1.82, 2.24) is 0 Å². The predicted molar refractivity (Wildman–Crippen MR) is 114 cm³/mol. The van der Waals surface area contributed by atoms with E-state index in [1.807, 2.05) is 6.92 Å². The standard InChI is InChI=1S/C19H37IO2Si/c1-8-23(9-2,10-3)22-19(17(6)11-15(4)13-20)18(7)12-16(5)14-21/h12-13,17-19,21H,8-11,14H2,1-7H3/b15-13+,16-12+/t17-,18+,19-/m0/s1. The third kappa shape index (κ3) is 7.84. The number of hydrogen-bond donors (Lipinski definition) is 1. The van der Waals surface area contributed by atoms with Crippen LogP contribution in [0.1, 0.15) is 54.9 Å². The van der Waals surface area contributed by atoms with Crippen LogP contribution in [0.5, 0.6) is 0 Å². The average Bonchev–Trinajstić information content (AvgIpc) is 2.56. The summed E-state index contributed by atoms with van der Waals surface area (Å²) in [6.45, 7) is 15.7. The van der Waals surface area contributed by atoms with E-state index in [1.165, 1.54) is 23.7 Å². The van der Waals surface area contributed by atoms with E-state index in [2.05, 4.69) is 74.3 Å². The van der Waals surface area contributed by atoms with Crippen LogP contribution in [-0.2, 0) is 4.43 Å². The summed E-state index contributed by atoms with van der Waals surface area (Å²) >= 11 is 2.32. The Hall–Kier alpha value is 0.347. The van der Waals surface area contributed by atoms with Gasteiger partial charge in [-0.1, -0.05) is 74.4 Å². The van der Waals surface area contributed by atoms with Gasteiger partial charge in [0.15, 0.2) is 8.32 Å². The Balaban J connectivity index is 5.44. The minimum absolute atomic E-state index is 0.135. The molecule has 0 rings (SSSR count). The highest BCUT2D eigenvalue weighted by molar-refractivity contribution is 14.1. The van der Waals surface area contributed by atoms with E-state index < -0.39 is 8.32 Å². The number of aliphatic hydroxyl groups is 1. The summed E-state index contributed by atoms with van der Waals surface area (Å²) in [6, 6.07) is 3.54. The molecule has 3 atom stereocenters. The average molecular weight is 452 g/mol. The molecule has 0 saturated heterocycles. The minimum Gasteiger partial charge on any atom is -0.413 e. The predicted octanol–water partition coefficient (Wildman–Crippen LogP) is 6.32. The molecule has 0 aliphatic heterocycles. The van der Waals surface area contributed by atoms with Gasteiger partial charge < -0.3 is 9.53 Å². The molecule has 0 amide bonds. The van der Waals surface area contributed by atoms with Crippen molar-refractivity contribution in [2.75, 3.05) is 6.61 Å². The second-order valence-electron chi connectivity index (χ2n) is 6.99. The molecule has 4 heteroatoms. The zero-order valence-electron chi connectivity index (χ0n) is 16.2. The van der Waals surface area contributed by atoms with Gasteiger partial charge in [0, 0.05) is 0 Å². The SMILES string of the molecule is CC[Si](CC)(CC)O[C@H]([C@H](C)/C=C(\C)CO)[C@@H](C)C/C(C)=C/I. The van der Waals surface area contributed by atoms with Crippen molar-refractivity contribution in [3.63, 3.8) is 0 Å². The molecule has 0 fully saturated rings. The lowest BCUT2D eigenvalue weighted by Crippen LogP contribution is -2.44. The summed E-state index contributed by atoms with van der Waals surface area (Å²) in [5.74, 6) is 0.811. The van der Waals surface area contributed by atoms with E-state index in [4.69, 9.17) is 4.43 Å². The molecule has 0 aromatic heterocycles. The van der Waals surface area contributed by atoms with Crippen molar-refractivity contribution in [3.8, 4) is 0 Å². The normalized spacial score (nSPS) is 18.0. The van der Waals surface area contributed by atoms with Gasteiger partial charge in [0.05, 0.1) is 12.7 Å². The largest absolute Gasteiger partial charge is 0.413 e. The number of allylic oxidation sites excluding steroid dienone is 1. The van der Waals surface area contributed by atoms with E-state index >= 15 is 0 Å². The van der Waals surface area contributed by atoms with Crippen molar-refractivity contribution >= 4 is 30.9 Å². The van der Waals surface area contributed by atoms with Gasteiger partial charge in [-0.3, -0.25) is 0 Å². The van der Waals surface area contributed by atoms with Crippen LogP contribution < -0.4 is 0 Å². The summed E-state index contributed by atoms with van der Waals surface area (Å²) in [5.41, 5.74) is 2.45. The molecule has 136 valence electrons. The molecule has 0 heterocycles. The van der Waals surface area contributed by atoms with Crippen LogP contribution >= 0.6 is 22.6 Å². The molecular formula is C19H37IO2Si. The van der Waals surface area contributed by atoms with E-state index in [1.54, 1.807) is 0 Å². The van der Waals surface area contributed by atoms with E-state index in [-0.39, 0.29) is 12.7 Å². The Kier molecular flexibility index (Phi) is 12.0. The summed E-state index contributed by atoms with van der Waals surface area (Å²) in [5, 5.41) is 9.35. The fraction of sp³-hybridized carbons (Fsp3) is 0.789. The number of aliphatic hydroxyl groups excluding tert-OH is 1. The first-order valence-corrected chi connectivity index (χ1v) is 12.8. The quantitative estimate of drug-likeness (QED) is 0.226. The summed E-state index contributed by atoms with van der Waals surface area (Å²) in [7, 11) is -1.64. The van der Waals surface area contributed by atoms with E-state index in [0.29, 0.717) is 11.8 Å². The third-order valence-electron chi connectivity index (χ3n) is 5.03. The molecule has 0 aromatic rings. The lowest BCUT2D eigenvalue weighted by Gasteiger charge is -2.38. The lowest BCUT2D eigenvalue weighted by atomic mass is 9.88. The van der Waals surface area contributed by atoms with Gasteiger partial charge in [-0.25, -0.2) is 0 Å². The minimum atomic E-state index is -1.64. The molecule has 2 nitrogen and oxygen atoms in total. The molecule has 23 heavy (non-hydrogen) atoms. The molecule has 0 bridgehead atoms. The van der Waals surface area contributed by atoms with Crippen LogP contribution in [0.25, 0.3) is 0 Å². The second kappa shape index (κ2) is 11.8. The Morgan fingerprint density at radius 3 is 2.00 bits per heavy atom. The van der Waals surface area contributed by atoms with Crippen molar-refractivity contribution in [1.29, 1.82) is 0 Å². The molecule has 0 radical (unpaired) electrons. The van der Waals surface area contributed by atoms with Gasteiger partial charge in [0.2, 0.25) is 0 Å². The molecule has 0 spiro atoms. The molecule has 0 saturated carbocycles. The molecule has 1 N–H and O–H groups in total. The number of halogens is 1. The summed E-state index contributed by atoms with van der Waals surface area (Å²) in [6.07, 6.45) is 3.50. The first-order chi connectivity index (χ1) is 10.8. The fourth-order valence-corrected chi connectivity index (χ4v) is 6.57. The zero-order chi connectivity index (χ0) is 18.0. The number of rotatable bonds is 11. The molecule has 0 aliphatic rings. The Morgan fingerprint density at radius 2 is 1.61 bits per heavy atom. The van der Waals surface area contributed by atoms with Crippen LogP contribution in [0.3, 0.4) is 0 Å². The van der Waals surface area contributed by atoms with Gasteiger partial charge in [-0.2, -0.15) is 0 Å². The Morgan fingerprint density at radius 1 is 1.09 bits per heavy atom. The molecule has 0 unspecified atom stereocenters. The maximum absolute atomic E-state index is 9.35. The maximum Gasteiger partial charge on any atom is 0.192 e.